The number of amides is 1. The number of nitrogens with one attached hydrogen (secondary N) is 1. The van der Waals surface area contributed by atoms with Gasteiger partial charge in [0, 0.05) is 26.8 Å². The molecule has 1 heterocycles. The average Bonchev–Trinajstić information content (AvgIpc) is 2.48. The molecular weight excluding hydrogens is 270 g/mol. The Hall–Kier alpha value is -2.11. The molecule has 1 aromatic rings. The van der Waals surface area contributed by atoms with E-state index < -0.39 is 11.4 Å². The Labute approximate surface area is 125 Å². The smallest absolute Gasteiger partial charge is 0.311 e. The monoisotopic (exact) mass is 293 g/mol. The predicted octanol–water partition coefficient (Wildman–Crippen LogP) is 2.09. The lowest BCUT2D eigenvalue weighted by Gasteiger charge is -2.27. The number of hydrogen-bond acceptors (Lipinski definition) is 4. The second kappa shape index (κ2) is 7.06. The van der Waals surface area contributed by atoms with Crippen LogP contribution in [-0.2, 0) is 4.79 Å². The van der Waals surface area contributed by atoms with Crippen molar-refractivity contribution in [2.24, 2.45) is 5.41 Å². The number of pyridine rings is 1. The van der Waals surface area contributed by atoms with Crippen molar-refractivity contribution in [1.29, 1.82) is 0 Å². The Morgan fingerprint density at radius 2 is 1.90 bits per heavy atom. The van der Waals surface area contributed by atoms with Crippen molar-refractivity contribution >= 4 is 17.7 Å². The lowest BCUT2D eigenvalue weighted by Crippen LogP contribution is -2.37. The van der Waals surface area contributed by atoms with Crippen molar-refractivity contribution in [3.8, 4) is 0 Å². The molecule has 0 atom stereocenters. The van der Waals surface area contributed by atoms with E-state index in [-0.39, 0.29) is 5.91 Å². The molecule has 116 valence electrons. The summed E-state index contributed by atoms with van der Waals surface area (Å²) in [5, 5.41) is 12.4. The van der Waals surface area contributed by atoms with Gasteiger partial charge in [0.25, 0.3) is 5.91 Å². The normalized spacial score (nSPS) is 11.0. The Balaban J connectivity index is 2.76. The van der Waals surface area contributed by atoms with Gasteiger partial charge in [-0.3, -0.25) is 9.59 Å². The highest BCUT2D eigenvalue weighted by molar-refractivity contribution is 5.93. The number of carbonyl (C=O) groups excluding carboxylic acids is 1. The van der Waals surface area contributed by atoms with Crippen LogP contribution in [0.5, 0.6) is 0 Å². The van der Waals surface area contributed by atoms with Gasteiger partial charge in [0.15, 0.2) is 0 Å². The van der Waals surface area contributed by atoms with Crippen LogP contribution in [0, 0.1) is 5.41 Å². The van der Waals surface area contributed by atoms with Crippen LogP contribution < -0.4 is 5.32 Å². The van der Waals surface area contributed by atoms with Gasteiger partial charge in [-0.2, -0.15) is 0 Å². The summed E-state index contributed by atoms with van der Waals surface area (Å²) in [6, 6.07) is 3.37. The van der Waals surface area contributed by atoms with E-state index >= 15 is 0 Å². The molecular formula is C15H23N3O3. The first-order valence-corrected chi connectivity index (χ1v) is 7.01. The number of aromatic nitrogens is 1. The van der Waals surface area contributed by atoms with E-state index in [9.17, 15) is 14.7 Å². The number of carboxylic acid groups (broad SMARTS) is 1. The van der Waals surface area contributed by atoms with Crippen LogP contribution in [0.3, 0.4) is 0 Å². The van der Waals surface area contributed by atoms with Crippen molar-refractivity contribution in [3.63, 3.8) is 0 Å². The maximum atomic E-state index is 11.7. The van der Waals surface area contributed by atoms with Crippen molar-refractivity contribution in [2.75, 3.05) is 26.0 Å². The summed E-state index contributed by atoms with van der Waals surface area (Å²) in [7, 11) is 3.36. The lowest BCUT2D eigenvalue weighted by molar-refractivity contribution is -0.148. The molecule has 0 saturated carbocycles. The molecule has 1 amide bonds. The molecule has 0 aliphatic rings. The molecule has 0 spiro atoms. The third-order valence-electron chi connectivity index (χ3n) is 3.83. The minimum absolute atomic E-state index is 0.115. The molecule has 0 unspecified atom stereocenters. The molecule has 0 radical (unpaired) electrons. The summed E-state index contributed by atoms with van der Waals surface area (Å²) in [6.07, 6.45) is 2.58. The lowest BCUT2D eigenvalue weighted by atomic mass is 9.82. The predicted molar refractivity (Wildman–Crippen MR) is 81.4 cm³/mol. The third-order valence-corrected chi connectivity index (χ3v) is 3.83. The summed E-state index contributed by atoms with van der Waals surface area (Å²) in [6.45, 7) is 4.04. The molecule has 0 aliphatic carbocycles. The highest BCUT2D eigenvalue weighted by Gasteiger charge is 2.34. The van der Waals surface area contributed by atoms with Crippen LogP contribution in [-0.4, -0.2) is 47.5 Å². The molecule has 21 heavy (non-hydrogen) atoms. The molecule has 6 heteroatoms. The zero-order valence-electron chi connectivity index (χ0n) is 13.0. The van der Waals surface area contributed by atoms with Gasteiger partial charge in [0.05, 0.1) is 11.0 Å². The second-order valence-electron chi connectivity index (χ2n) is 5.28. The molecule has 0 saturated heterocycles. The summed E-state index contributed by atoms with van der Waals surface area (Å²) in [5.41, 5.74) is -0.291. The summed E-state index contributed by atoms with van der Waals surface area (Å²) in [4.78, 5) is 28.8. The molecule has 0 aromatic carbocycles. The standard InChI is InChI=1S/C15H23N3O3/c1-5-15(6-2,14(20)21)10-17-12-8-7-11(9-16-12)13(19)18(3)4/h7-9H,5-6,10H2,1-4H3,(H,16,17)(H,20,21). The summed E-state index contributed by atoms with van der Waals surface area (Å²) in [5.74, 6) is -0.353. The van der Waals surface area contributed by atoms with E-state index in [0.717, 1.165) is 0 Å². The van der Waals surface area contributed by atoms with Crippen molar-refractivity contribution in [1.82, 2.24) is 9.88 Å². The van der Waals surface area contributed by atoms with E-state index in [1.807, 2.05) is 13.8 Å². The number of hydrogen-bond donors (Lipinski definition) is 2. The number of nitrogens with zero attached hydrogens (tertiary/aromatic N) is 2. The molecule has 6 nitrogen and oxygen atoms in total. The van der Waals surface area contributed by atoms with Crippen molar-refractivity contribution in [2.45, 2.75) is 26.7 Å². The minimum atomic E-state index is -0.806. The quantitative estimate of drug-likeness (QED) is 0.804. The summed E-state index contributed by atoms with van der Waals surface area (Å²) >= 11 is 0. The highest BCUT2D eigenvalue weighted by atomic mass is 16.4. The van der Waals surface area contributed by atoms with Gasteiger partial charge < -0.3 is 15.3 Å². The van der Waals surface area contributed by atoms with Crippen LogP contribution in [0.15, 0.2) is 18.3 Å². The van der Waals surface area contributed by atoms with Gasteiger partial charge in [0.2, 0.25) is 0 Å². The first kappa shape index (κ1) is 16.9. The van der Waals surface area contributed by atoms with Crippen LogP contribution in [0.2, 0.25) is 0 Å². The maximum absolute atomic E-state index is 11.7. The fourth-order valence-electron chi connectivity index (χ4n) is 2.02. The van der Waals surface area contributed by atoms with Gasteiger partial charge in [-0.1, -0.05) is 13.8 Å². The zero-order valence-corrected chi connectivity index (χ0v) is 13.0. The highest BCUT2D eigenvalue weighted by Crippen LogP contribution is 2.27. The number of carboxylic acids is 1. The largest absolute Gasteiger partial charge is 0.481 e. The minimum Gasteiger partial charge on any atom is -0.481 e. The maximum Gasteiger partial charge on any atom is 0.311 e. The van der Waals surface area contributed by atoms with Crippen LogP contribution in [0.25, 0.3) is 0 Å². The Kier molecular flexibility index (Phi) is 5.69. The molecule has 0 bridgehead atoms. The summed E-state index contributed by atoms with van der Waals surface area (Å²) < 4.78 is 0. The first-order valence-electron chi connectivity index (χ1n) is 7.01. The fraction of sp³-hybridized carbons (Fsp3) is 0.533. The molecule has 0 aliphatic heterocycles. The van der Waals surface area contributed by atoms with E-state index in [4.69, 9.17) is 0 Å². The van der Waals surface area contributed by atoms with E-state index in [1.54, 1.807) is 26.2 Å². The zero-order chi connectivity index (χ0) is 16.0. The van der Waals surface area contributed by atoms with Gasteiger partial charge in [-0.25, -0.2) is 4.98 Å². The first-order chi connectivity index (χ1) is 9.86. The average molecular weight is 293 g/mol. The Morgan fingerprint density at radius 3 is 2.29 bits per heavy atom. The molecule has 1 rings (SSSR count). The van der Waals surface area contributed by atoms with E-state index in [2.05, 4.69) is 10.3 Å². The van der Waals surface area contributed by atoms with Crippen LogP contribution >= 0.6 is 0 Å². The number of carbonyl (C=O) groups is 2. The van der Waals surface area contributed by atoms with Gasteiger partial charge >= 0.3 is 5.97 Å². The molecule has 0 fully saturated rings. The fourth-order valence-corrected chi connectivity index (χ4v) is 2.02. The second-order valence-corrected chi connectivity index (χ2v) is 5.28. The number of anilines is 1. The van der Waals surface area contributed by atoms with Crippen molar-refractivity contribution < 1.29 is 14.7 Å². The SMILES string of the molecule is CCC(CC)(CNc1ccc(C(=O)N(C)C)cn1)C(=O)O. The van der Waals surface area contributed by atoms with Crippen molar-refractivity contribution in [3.05, 3.63) is 23.9 Å². The Morgan fingerprint density at radius 1 is 1.29 bits per heavy atom. The molecule has 2 N–H and O–H groups in total. The van der Waals surface area contributed by atoms with Crippen LogP contribution in [0.1, 0.15) is 37.0 Å². The van der Waals surface area contributed by atoms with Crippen LogP contribution in [0.4, 0.5) is 5.82 Å². The van der Waals surface area contributed by atoms with Gasteiger partial charge in [-0.05, 0) is 25.0 Å². The van der Waals surface area contributed by atoms with Gasteiger partial charge in [-0.15, -0.1) is 0 Å². The Bertz CT molecular complexity index is 493. The van der Waals surface area contributed by atoms with E-state index in [1.165, 1.54) is 11.1 Å². The van der Waals surface area contributed by atoms with E-state index in [0.29, 0.717) is 30.8 Å². The number of aliphatic carboxylic acids is 1. The third kappa shape index (κ3) is 3.93. The molecule has 1 aromatic heterocycles. The van der Waals surface area contributed by atoms with Gasteiger partial charge in [0.1, 0.15) is 5.82 Å². The number of rotatable bonds is 7. The topological polar surface area (TPSA) is 82.5 Å².